The van der Waals surface area contributed by atoms with Crippen molar-refractivity contribution in [2.45, 2.75) is 32.5 Å². The molecule has 1 N–H and O–H groups in total. The van der Waals surface area contributed by atoms with Crippen LogP contribution in [0.2, 0.25) is 0 Å². The van der Waals surface area contributed by atoms with E-state index in [1.54, 1.807) is 13.8 Å². The van der Waals surface area contributed by atoms with E-state index in [1.807, 2.05) is 0 Å². The highest BCUT2D eigenvalue weighted by Gasteiger charge is 2.33. The van der Waals surface area contributed by atoms with Gasteiger partial charge in [-0.2, -0.15) is 13.2 Å². The van der Waals surface area contributed by atoms with Crippen LogP contribution in [0.1, 0.15) is 46.9 Å². The number of fused-ring (bicyclic) bond motifs is 1. The average Bonchev–Trinajstić information content (AvgIpc) is 2.62. The number of halogens is 4. The third-order valence-electron chi connectivity index (χ3n) is 4.69. The maximum atomic E-state index is 14.7. The lowest BCUT2D eigenvalue weighted by atomic mass is 9.97. The first-order chi connectivity index (χ1) is 13.5. The Morgan fingerprint density at radius 2 is 1.79 bits per heavy atom. The van der Waals surface area contributed by atoms with Crippen molar-refractivity contribution in [1.82, 2.24) is 4.57 Å². The highest BCUT2D eigenvalue weighted by Crippen LogP contribution is 2.33. The van der Waals surface area contributed by atoms with Gasteiger partial charge in [-0.15, -0.1) is 0 Å². The lowest BCUT2D eigenvalue weighted by Gasteiger charge is -2.18. The number of aromatic nitrogens is 1. The minimum absolute atomic E-state index is 0.0222. The molecule has 0 saturated heterocycles. The maximum absolute atomic E-state index is 14.7. The third kappa shape index (κ3) is 3.87. The van der Waals surface area contributed by atoms with Gasteiger partial charge in [0.2, 0.25) is 5.43 Å². The molecular formula is C21H17F4NO3. The first kappa shape index (κ1) is 20.6. The van der Waals surface area contributed by atoms with Crippen LogP contribution < -0.4 is 5.43 Å². The average molecular weight is 407 g/mol. The zero-order valence-electron chi connectivity index (χ0n) is 15.5. The monoisotopic (exact) mass is 407 g/mol. The van der Waals surface area contributed by atoms with E-state index in [2.05, 4.69) is 0 Å². The molecule has 0 spiro atoms. The van der Waals surface area contributed by atoms with Crippen molar-refractivity contribution in [3.8, 4) is 0 Å². The largest absolute Gasteiger partial charge is 0.477 e. The number of hydrogen-bond acceptors (Lipinski definition) is 2. The number of carboxylic acids is 1. The Balaban J connectivity index is 2.24. The minimum atomic E-state index is -4.58. The predicted molar refractivity (Wildman–Crippen MR) is 99.8 cm³/mol. The van der Waals surface area contributed by atoms with Gasteiger partial charge in [0.1, 0.15) is 11.4 Å². The van der Waals surface area contributed by atoms with E-state index in [-0.39, 0.29) is 34.5 Å². The summed E-state index contributed by atoms with van der Waals surface area (Å²) in [7, 11) is 0. The van der Waals surface area contributed by atoms with Crippen molar-refractivity contribution in [3.05, 3.63) is 80.9 Å². The fourth-order valence-corrected chi connectivity index (χ4v) is 3.28. The first-order valence-corrected chi connectivity index (χ1v) is 8.76. The normalized spacial score (nSPS) is 12.0. The second-order valence-corrected chi connectivity index (χ2v) is 6.97. The molecule has 152 valence electrons. The van der Waals surface area contributed by atoms with E-state index < -0.39 is 34.5 Å². The van der Waals surface area contributed by atoms with E-state index in [4.69, 9.17) is 0 Å². The standard InChI is InChI=1S/C21H17F4NO3/c1-11(2)26-10-15(20(28)29)19(27)14-9-17(22)13(8-18(14)26)7-12-5-3-4-6-16(12)21(23,24)25/h3-6,8-11H,7H2,1-2H3,(H,28,29). The van der Waals surface area contributed by atoms with Crippen LogP contribution >= 0.6 is 0 Å². The summed E-state index contributed by atoms with van der Waals surface area (Å²) in [5, 5.41) is 9.11. The van der Waals surface area contributed by atoms with Gasteiger partial charge in [-0.1, -0.05) is 18.2 Å². The Hall–Kier alpha value is -3.16. The van der Waals surface area contributed by atoms with Gasteiger partial charge in [0.15, 0.2) is 0 Å². The number of carboxylic acid groups (broad SMARTS) is 1. The zero-order chi connectivity index (χ0) is 21.5. The smallest absolute Gasteiger partial charge is 0.416 e. The number of pyridine rings is 1. The molecule has 1 heterocycles. The zero-order valence-corrected chi connectivity index (χ0v) is 15.5. The Kier molecular flexibility index (Phi) is 5.21. The van der Waals surface area contributed by atoms with Gasteiger partial charge < -0.3 is 9.67 Å². The topological polar surface area (TPSA) is 59.3 Å². The number of carbonyl (C=O) groups is 1. The molecule has 0 unspecified atom stereocenters. The predicted octanol–water partition coefficient (Wildman–Crippen LogP) is 5.03. The summed E-state index contributed by atoms with van der Waals surface area (Å²) in [5.41, 5.74) is -2.06. The molecule has 3 aromatic rings. The van der Waals surface area contributed by atoms with Crippen LogP contribution in [0.4, 0.5) is 17.6 Å². The van der Waals surface area contributed by atoms with Crippen molar-refractivity contribution in [2.24, 2.45) is 0 Å². The van der Waals surface area contributed by atoms with Gasteiger partial charge in [-0.3, -0.25) is 4.79 Å². The van der Waals surface area contributed by atoms with E-state index in [1.165, 1.54) is 35.0 Å². The molecule has 0 radical (unpaired) electrons. The van der Waals surface area contributed by atoms with E-state index in [0.717, 1.165) is 12.1 Å². The van der Waals surface area contributed by atoms with Crippen LogP contribution in [0.15, 0.2) is 47.4 Å². The fraction of sp³-hybridized carbons (Fsp3) is 0.238. The molecular weight excluding hydrogens is 390 g/mol. The summed E-state index contributed by atoms with van der Waals surface area (Å²) >= 11 is 0. The van der Waals surface area contributed by atoms with Crippen molar-refractivity contribution in [1.29, 1.82) is 0 Å². The Morgan fingerprint density at radius 3 is 2.38 bits per heavy atom. The molecule has 0 aliphatic carbocycles. The molecule has 3 rings (SSSR count). The second-order valence-electron chi connectivity index (χ2n) is 6.97. The molecule has 0 saturated carbocycles. The summed E-state index contributed by atoms with van der Waals surface area (Å²) < 4.78 is 56.0. The highest BCUT2D eigenvalue weighted by atomic mass is 19.4. The number of rotatable bonds is 4. The lowest BCUT2D eigenvalue weighted by Crippen LogP contribution is -2.20. The van der Waals surface area contributed by atoms with Crippen molar-refractivity contribution >= 4 is 16.9 Å². The maximum Gasteiger partial charge on any atom is 0.416 e. The molecule has 0 aliphatic heterocycles. The van der Waals surface area contributed by atoms with Gasteiger partial charge in [0, 0.05) is 24.0 Å². The third-order valence-corrected chi connectivity index (χ3v) is 4.69. The SMILES string of the molecule is CC(C)n1cc(C(=O)O)c(=O)c2cc(F)c(Cc3ccccc3C(F)(F)F)cc21. The van der Waals surface area contributed by atoms with E-state index in [9.17, 15) is 32.3 Å². The summed E-state index contributed by atoms with van der Waals surface area (Å²) in [5.74, 6) is -2.31. The molecule has 1 aromatic heterocycles. The van der Waals surface area contributed by atoms with E-state index in [0.29, 0.717) is 0 Å². The summed E-state index contributed by atoms with van der Waals surface area (Å²) in [6.07, 6.45) is -3.74. The summed E-state index contributed by atoms with van der Waals surface area (Å²) in [4.78, 5) is 23.8. The molecule has 0 aliphatic rings. The van der Waals surface area contributed by atoms with Gasteiger partial charge in [0.25, 0.3) is 0 Å². The van der Waals surface area contributed by atoms with Gasteiger partial charge in [0.05, 0.1) is 11.1 Å². The molecule has 0 fully saturated rings. The van der Waals surface area contributed by atoms with Crippen molar-refractivity contribution in [2.75, 3.05) is 0 Å². The Labute approximate surface area is 163 Å². The van der Waals surface area contributed by atoms with Crippen LogP contribution in [0.25, 0.3) is 10.9 Å². The van der Waals surface area contributed by atoms with Crippen LogP contribution in [0.3, 0.4) is 0 Å². The Morgan fingerprint density at radius 1 is 1.14 bits per heavy atom. The number of benzene rings is 2. The fourth-order valence-electron chi connectivity index (χ4n) is 3.28. The van der Waals surface area contributed by atoms with Gasteiger partial charge >= 0.3 is 12.1 Å². The van der Waals surface area contributed by atoms with E-state index >= 15 is 0 Å². The highest BCUT2D eigenvalue weighted by molar-refractivity contribution is 5.92. The number of aromatic carboxylic acids is 1. The van der Waals surface area contributed by atoms with Crippen LogP contribution in [-0.4, -0.2) is 15.6 Å². The lowest BCUT2D eigenvalue weighted by molar-refractivity contribution is -0.138. The quantitative estimate of drug-likeness (QED) is 0.617. The number of nitrogens with zero attached hydrogens (tertiary/aromatic N) is 1. The number of alkyl halides is 3. The molecule has 0 amide bonds. The summed E-state index contributed by atoms with van der Waals surface area (Å²) in [6, 6.07) is 6.84. The molecule has 8 heteroatoms. The van der Waals surface area contributed by atoms with Crippen LogP contribution in [-0.2, 0) is 12.6 Å². The second kappa shape index (κ2) is 7.35. The minimum Gasteiger partial charge on any atom is -0.477 e. The first-order valence-electron chi connectivity index (χ1n) is 8.76. The van der Waals surface area contributed by atoms with Crippen molar-refractivity contribution in [3.63, 3.8) is 0 Å². The van der Waals surface area contributed by atoms with Gasteiger partial charge in [-0.25, -0.2) is 9.18 Å². The molecule has 0 atom stereocenters. The van der Waals surface area contributed by atoms with Crippen molar-refractivity contribution < 1.29 is 27.5 Å². The van der Waals surface area contributed by atoms with Crippen LogP contribution in [0.5, 0.6) is 0 Å². The molecule has 2 aromatic carbocycles. The summed E-state index contributed by atoms with van der Waals surface area (Å²) in [6.45, 7) is 3.50. The molecule has 4 nitrogen and oxygen atoms in total. The Bertz CT molecular complexity index is 1160. The number of hydrogen-bond donors (Lipinski definition) is 1. The molecule has 0 bridgehead atoms. The van der Waals surface area contributed by atoms with Crippen LogP contribution in [0, 0.1) is 5.82 Å². The van der Waals surface area contributed by atoms with Gasteiger partial charge in [-0.05, 0) is 43.2 Å². The molecule has 29 heavy (non-hydrogen) atoms.